The van der Waals surface area contributed by atoms with E-state index in [1.54, 1.807) is 0 Å². The van der Waals surface area contributed by atoms with Crippen molar-refractivity contribution in [1.82, 2.24) is 43.6 Å². The predicted molar refractivity (Wildman–Crippen MR) is 319 cm³/mol. The number of nitrogens with zero attached hydrogens (tertiary/aromatic N) is 9. The molecule has 0 aliphatic carbocycles. The van der Waals surface area contributed by atoms with Crippen LogP contribution < -0.4 is 0 Å². The summed E-state index contributed by atoms with van der Waals surface area (Å²) in [7, 11) is 0. The van der Waals surface area contributed by atoms with E-state index in [0.717, 1.165) is 101 Å². The minimum Gasteiger partial charge on any atom is -0.292 e. The maximum Gasteiger partial charge on any atom is 0.164 e. The Labute approximate surface area is 454 Å². The largest absolute Gasteiger partial charge is 0.292 e. The van der Waals surface area contributed by atoms with Crippen molar-refractivity contribution in [3.8, 4) is 85.4 Å². The van der Waals surface area contributed by atoms with Gasteiger partial charge in [-0.3, -0.25) is 13.7 Å². The Kier molecular flexibility index (Phi) is 12.2. The number of rotatable bonds is 12. The summed E-state index contributed by atoms with van der Waals surface area (Å²) in [4.78, 5) is 32.1. The van der Waals surface area contributed by atoms with E-state index in [9.17, 15) is 0 Å². The summed E-state index contributed by atoms with van der Waals surface area (Å²) in [6.07, 6.45) is 0. The normalized spacial score (nSPS) is 11.8. The van der Waals surface area contributed by atoms with Gasteiger partial charge >= 0.3 is 0 Å². The molecular weight excluding hydrogens is 955 g/mol. The Balaban J connectivity index is 1.01. The molecule has 9 aromatic carbocycles. The number of aromatic nitrogens is 9. The maximum atomic E-state index is 5.41. The number of para-hydroxylation sites is 6. The molecule has 13 rings (SSSR count). The zero-order valence-electron chi connectivity index (χ0n) is 44.5. The van der Waals surface area contributed by atoms with E-state index < -0.39 is 0 Å². The fourth-order valence-corrected chi connectivity index (χ4v) is 11.1. The minimum atomic E-state index is 0.296. The van der Waals surface area contributed by atoms with Crippen LogP contribution in [0, 0.1) is 0 Å². The van der Waals surface area contributed by atoms with Crippen molar-refractivity contribution in [3.63, 3.8) is 0 Å². The van der Waals surface area contributed by atoms with Crippen molar-refractivity contribution in [2.45, 2.75) is 59.3 Å². The summed E-state index contributed by atoms with van der Waals surface area (Å²) < 4.78 is 6.81. The van der Waals surface area contributed by atoms with E-state index in [4.69, 9.17) is 29.9 Å². The lowest BCUT2D eigenvalue weighted by Gasteiger charge is -2.16. The summed E-state index contributed by atoms with van der Waals surface area (Å²) in [5.74, 6) is 5.16. The molecular formula is C69H57N9. The highest BCUT2D eigenvalue weighted by Gasteiger charge is 2.24. The molecule has 0 amide bonds. The van der Waals surface area contributed by atoms with E-state index >= 15 is 0 Å². The molecule has 0 atom stereocenters. The van der Waals surface area contributed by atoms with Crippen molar-refractivity contribution >= 4 is 33.1 Å². The van der Waals surface area contributed by atoms with Gasteiger partial charge < -0.3 is 0 Å². The number of hydrogen-bond donors (Lipinski definition) is 0. The van der Waals surface area contributed by atoms with Gasteiger partial charge in [-0.05, 0) is 107 Å². The highest BCUT2D eigenvalue weighted by molar-refractivity contribution is 5.87. The van der Waals surface area contributed by atoms with Crippen LogP contribution in [-0.2, 0) is 0 Å². The van der Waals surface area contributed by atoms with E-state index in [0.29, 0.717) is 35.2 Å². The van der Waals surface area contributed by atoms with E-state index in [1.807, 2.05) is 18.2 Å². The molecule has 0 radical (unpaired) electrons. The average Bonchev–Trinajstić information content (AvgIpc) is 4.24. The maximum absolute atomic E-state index is 5.41. The molecule has 0 aliphatic rings. The molecule has 0 unspecified atom stereocenters. The first-order chi connectivity index (χ1) is 38.2. The SMILES string of the molecule is CC(C)c1ccccc1-c1nc2ccccc2n1-c1cccc(-c2nc(-c3cccc(-n4c(-c5ccccc5C(C)C)nc5ccccc54)c3)nc(-c3cccc(-n4c(-c5ccccc5C(C)C)nc5ccccc54)c3)n2)c1. The summed E-state index contributed by atoms with van der Waals surface area (Å²) in [5, 5.41) is 0. The van der Waals surface area contributed by atoms with Crippen molar-refractivity contribution in [2.24, 2.45) is 0 Å². The lowest BCUT2D eigenvalue weighted by Crippen LogP contribution is -2.04. The smallest absolute Gasteiger partial charge is 0.164 e. The topological polar surface area (TPSA) is 92.1 Å². The Bertz CT molecular complexity index is 3940. The Hall–Kier alpha value is -9.60. The minimum absolute atomic E-state index is 0.296. The first-order valence-corrected chi connectivity index (χ1v) is 27.0. The van der Waals surface area contributed by atoms with E-state index in [2.05, 4.69) is 255 Å². The first kappa shape index (κ1) is 48.1. The third-order valence-corrected chi connectivity index (χ3v) is 14.9. The molecule has 4 aromatic heterocycles. The van der Waals surface area contributed by atoms with Gasteiger partial charge in [0, 0.05) is 50.4 Å². The Morgan fingerprint density at radius 2 is 0.538 bits per heavy atom. The van der Waals surface area contributed by atoms with Crippen LogP contribution in [0.25, 0.3) is 118 Å². The molecule has 0 aliphatic heterocycles. The fraction of sp³-hybridized carbons (Fsp3) is 0.130. The second-order valence-electron chi connectivity index (χ2n) is 21.0. The van der Waals surface area contributed by atoms with Gasteiger partial charge in [-0.25, -0.2) is 29.9 Å². The molecule has 0 bridgehead atoms. The van der Waals surface area contributed by atoms with Gasteiger partial charge in [-0.2, -0.15) is 0 Å². The summed E-state index contributed by atoms with van der Waals surface area (Å²) in [5.41, 5.74) is 18.2. The molecule has 9 nitrogen and oxygen atoms in total. The molecule has 9 heteroatoms. The van der Waals surface area contributed by atoms with Crippen LogP contribution in [0.5, 0.6) is 0 Å². The van der Waals surface area contributed by atoms with Crippen LogP contribution >= 0.6 is 0 Å². The highest BCUT2D eigenvalue weighted by atomic mass is 15.1. The van der Waals surface area contributed by atoms with Gasteiger partial charge in [0.2, 0.25) is 0 Å². The number of benzene rings is 9. The first-order valence-electron chi connectivity index (χ1n) is 27.0. The van der Waals surface area contributed by atoms with Gasteiger partial charge in [-0.1, -0.05) is 187 Å². The molecule has 0 fully saturated rings. The molecule has 0 saturated heterocycles. The third kappa shape index (κ3) is 8.54. The van der Waals surface area contributed by atoms with Gasteiger partial charge in [-0.15, -0.1) is 0 Å². The fourth-order valence-electron chi connectivity index (χ4n) is 11.1. The second kappa shape index (κ2) is 19.8. The molecule has 0 saturated carbocycles. The van der Waals surface area contributed by atoms with E-state index in [-0.39, 0.29) is 0 Å². The standard InChI is InChI=1S/C69H57N9/c1-43(2)52-28-7-10-31-55(52)67-70-58-34-13-16-37-61(58)76(67)49-25-19-22-46(40-49)64-73-65(47-23-20-26-50(41-47)77-62-38-17-14-35-59(62)71-68(77)56-32-11-8-29-53(56)44(3)4)75-66(74-64)48-24-21-27-51(42-48)78-63-39-18-15-36-60(63)72-69(78)57-33-12-9-30-54(57)45(5)6/h7-45H,1-6H3. The van der Waals surface area contributed by atoms with Crippen LogP contribution in [0.15, 0.2) is 218 Å². The van der Waals surface area contributed by atoms with Crippen LogP contribution in [0.3, 0.4) is 0 Å². The Morgan fingerprint density at radius 3 is 0.833 bits per heavy atom. The highest BCUT2D eigenvalue weighted by Crippen LogP contribution is 2.39. The van der Waals surface area contributed by atoms with Crippen molar-refractivity contribution in [3.05, 3.63) is 235 Å². The predicted octanol–water partition coefficient (Wildman–Crippen LogP) is 17.3. The van der Waals surface area contributed by atoms with Crippen molar-refractivity contribution in [1.29, 1.82) is 0 Å². The average molecular weight is 1010 g/mol. The van der Waals surface area contributed by atoms with Crippen LogP contribution in [0.2, 0.25) is 0 Å². The quantitative estimate of drug-likeness (QED) is 0.121. The zero-order valence-corrected chi connectivity index (χ0v) is 44.5. The summed E-state index contributed by atoms with van der Waals surface area (Å²) in [6.45, 7) is 13.4. The number of imidazole rings is 3. The summed E-state index contributed by atoms with van der Waals surface area (Å²) in [6, 6.07) is 76.3. The van der Waals surface area contributed by atoms with Crippen molar-refractivity contribution in [2.75, 3.05) is 0 Å². The molecule has 13 aromatic rings. The molecule has 0 N–H and O–H groups in total. The van der Waals surface area contributed by atoms with Crippen LogP contribution in [0.4, 0.5) is 0 Å². The lowest BCUT2D eigenvalue weighted by atomic mass is 9.96. The van der Waals surface area contributed by atoms with Gasteiger partial charge in [0.1, 0.15) is 17.5 Å². The molecule has 0 spiro atoms. The molecule has 378 valence electrons. The van der Waals surface area contributed by atoms with Gasteiger partial charge in [0.25, 0.3) is 0 Å². The third-order valence-electron chi connectivity index (χ3n) is 14.9. The van der Waals surface area contributed by atoms with E-state index in [1.165, 1.54) is 16.7 Å². The van der Waals surface area contributed by atoms with Crippen LogP contribution in [0.1, 0.15) is 76.0 Å². The Morgan fingerprint density at radius 1 is 0.269 bits per heavy atom. The summed E-state index contributed by atoms with van der Waals surface area (Å²) >= 11 is 0. The second-order valence-corrected chi connectivity index (χ2v) is 21.0. The van der Waals surface area contributed by atoms with Gasteiger partial charge in [0.15, 0.2) is 17.5 Å². The molecule has 78 heavy (non-hydrogen) atoms. The monoisotopic (exact) mass is 1010 g/mol. The zero-order chi connectivity index (χ0) is 53.0. The van der Waals surface area contributed by atoms with Gasteiger partial charge in [0.05, 0.1) is 33.1 Å². The molecule has 4 heterocycles. The van der Waals surface area contributed by atoms with Crippen molar-refractivity contribution < 1.29 is 0 Å². The van der Waals surface area contributed by atoms with Crippen LogP contribution in [-0.4, -0.2) is 43.6 Å². The number of hydrogen-bond acceptors (Lipinski definition) is 6. The lowest BCUT2D eigenvalue weighted by molar-refractivity contribution is 0.865. The number of fused-ring (bicyclic) bond motifs is 3.